The summed E-state index contributed by atoms with van der Waals surface area (Å²) >= 11 is 11.7. The van der Waals surface area contributed by atoms with E-state index >= 15 is 0 Å². The van der Waals surface area contributed by atoms with E-state index in [9.17, 15) is 19.6 Å². The van der Waals surface area contributed by atoms with E-state index in [0.717, 1.165) is 0 Å². The van der Waals surface area contributed by atoms with Gasteiger partial charge in [-0.3, -0.25) is 9.59 Å². The number of carbonyl (C=O) groups excluding carboxylic acids is 2. The van der Waals surface area contributed by atoms with Crippen LogP contribution < -0.4 is 5.32 Å². The molecular weight excluding hydrogens is 340 g/mol. The van der Waals surface area contributed by atoms with Gasteiger partial charge >= 0.3 is 7.12 Å². The van der Waals surface area contributed by atoms with E-state index in [1.807, 2.05) is 13.8 Å². The highest BCUT2D eigenvalue weighted by Gasteiger charge is 2.26. The summed E-state index contributed by atoms with van der Waals surface area (Å²) < 4.78 is 15.7. The molecule has 126 valence electrons. The number of ketones is 1. The minimum Gasteiger partial charge on any atom is -0.426 e. The third-order valence-electron chi connectivity index (χ3n) is 3.04. The van der Waals surface area contributed by atoms with E-state index in [4.69, 9.17) is 25.9 Å². The first-order valence-electron chi connectivity index (χ1n) is 8.09. The van der Waals surface area contributed by atoms with Crippen molar-refractivity contribution in [3.63, 3.8) is 0 Å². The normalized spacial score (nSPS) is 14.0. The number of rotatable bonds is 8. The van der Waals surface area contributed by atoms with Gasteiger partial charge < -0.3 is 15.4 Å². The van der Waals surface area contributed by atoms with E-state index in [1.54, 1.807) is 0 Å². The van der Waals surface area contributed by atoms with Crippen molar-refractivity contribution >= 4 is 42.0 Å². The SMILES string of the molecule is [2H]C([2H])(CC(=O)c1cc(Cl)ccc1Cl)C(=O)N[C@@H](CC(C)C)B(O)O. The van der Waals surface area contributed by atoms with Crippen molar-refractivity contribution in [2.75, 3.05) is 0 Å². The average molecular weight is 362 g/mol. The molecule has 1 atom stereocenters. The molecule has 8 heteroatoms. The summed E-state index contributed by atoms with van der Waals surface area (Å²) in [5, 5.41) is 21.3. The molecule has 1 aromatic carbocycles. The minimum absolute atomic E-state index is 0.0202. The molecule has 23 heavy (non-hydrogen) atoms. The monoisotopic (exact) mass is 361 g/mol. The van der Waals surface area contributed by atoms with Gasteiger partial charge in [0.25, 0.3) is 0 Å². The summed E-state index contributed by atoms with van der Waals surface area (Å²) in [7, 11) is -1.83. The van der Waals surface area contributed by atoms with E-state index in [1.165, 1.54) is 18.2 Å². The summed E-state index contributed by atoms with van der Waals surface area (Å²) in [4.78, 5) is 24.4. The van der Waals surface area contributed by atoms with Crippen LogP contribution >= 0.6 is 23.2 Å². The second kappa shape index (κ2) is 9.28. The van der Waals surface area contributed by atoms with Gasteiger partial charge in [0, 0.05) is 26.1 Å². The van der Waals surface area contributed by atoms with Crippen LogP contribution in [-0.2, 0) is 4.79 Å². The maximum absolute atomic E-state index is 12.3. The van der Waals surface area contributed by atoms with Gasteiger partial charge in [0.15, 0.2) is 5.78 Å². The van der Waals surface area contributed by atoms with Gasteiger partial charge in [0.2, 0.25) is 5.91 Å². The topological polar surface area (TPSA) is 86.6 Å². The van der Waals surface area contributed by atoms with Gasteiger partial charge in [-0.15, -0.1) is 0 Å². The van der Waals surface area contributed by atoms with Crippen molar-refractivity contribution in [3.05, 3.63) is 33.8 Å². The first-order chi connectivity index (χ1) is 11.4. The second-order valence-corrected chi connectivity index (χ2v) is 6.37. The zero-order valence-electron chi connectivity index (χ0n) is 14.8. The van der Waals surface area contributed by atoms with Gasteiger partial charge in [-0.05, 0) is 30.5 Å². The smallest absolute Gasteiger partial charge is 0.426 e. The van der Waals surface area contributed by atoms with Gasteiger partial charge in [0.05, 0.1) is 11.0 Å². The Balaban J connectivity index is 2.86. The molecule has 0 unspecified atom stereocenters. The van der Waals surface area contributed by atoms with Gasteiger partial charge in [-0.2, -0.15) is 0 Å². The van der Waals surface area contributed by atoms with Crippen molar-refractivity contribution in [1.82, 2.24) is 5.32 Å². The third-order valence-corrected chi connectivity index (χ3v) is 3.60. The molecule has 0 spiro atoms. The fourth-order valence-electron chi connectivity index (χ4n) is 1.95. The lowest BCUT2D eigenvalue weighted by atomic mass is 9.75. The summed E-state index contributed by atoms with van der Waals surface area (Å²) in [6.07, 6.45) is -3.06. The van der Waals surface area contributed by atoms with Crippen molar-refractivity contribution in [2.24, 2.45) is 5.92 Å². The lowest BCUT2D eigenvalue weighted by Gasteiger charge is -2.19. The maximum Gasteiger partial charge on any atom is 0.475 e. The Hall–Kier alpha value is -1.08. The molecule has 0 aliphatic carbocycles. The van der Waals surface area contributed by atoms with Crippen molar-refractivity contribution in [2.45, 2.75) is 39.0 Å². The second-order valence-electron chi connectivity index (χ2n) is 5.52. The number of benzene rings is 1. The molecule has 3 N–H and O–H groups in total. The predicted molar refractivity (Wildman–Crippen MR) is 91.6 cm³/mol. The molecule has 0 radical (unpaired) electrons. The van der Waals surface area contributed by atoms with Crippen LogP contribution in [0.1, 0.15) is 46.2 Å². The molecule has 0 bridgehead atoms. The molecule has 1 amide bonds. The Bertz CT molecular complexity index is 644. The Kier molecular flexibility index (Phi) is 6.76. The Morgan fingerprint density at radius 1 is 1.35 bits per heavy atom. The lowest BCUT2D eigenvalue weighted by molar-refractivity contribution is -0.121. The summed E-state index contributed by atoms with van der Waals surface area (Å²) in [5.74, 6) is -2.77. The standard InChI is InChI=1S/C15H20BCl2NO4/c1-9(2)7-14(16(22)23)19-15(21)6-5-13(20)11-8-10(17)3-4-12(11)18/h3-4,8-9,14,22-23H,5-7H2,1-2H3,(H,19,21)/t14-/m0/s1/i6D2. The molecule has 5 nitrogen and oxygen atoms in total. The zero-order chi connectivity index (χ0) is 19.4. The maximum atomic E-state index is 12.3. The largest absolute Gasteiger partial charge is 0.475 e. The molecular formula is C15H20BCl2NO4. The number of nitrogens with one attached hydrogen (secondary N) is 1. The molecule has 0 aromatic heterocycles. The van der Waals surface area contributed by atoms with Crippen LogP contribution in [0.5, 0.6) is 0 Å². The average Bonchev–Trinajstić information content (AvgIpc) is 2.47. The summed E-state index contributed by atoms with van der Waals surface area (Å²) in [6.45, 7) is 3.64. The predicted octanol–water partition coefficient (Wildman–Crippen LogP) is 2.50. The van der Waals surface area contributed by atoms with Crippen molar-refractivity contribution in [3.8, 4) is 0 Å². The Labute approximate surface area is 148 Å². The molecule has 1 aromatic rings. The van der Waals surface area contributed by atoms with E-state index in [0.29, 0.717) is 0 Å². The van der Waals surface area contributed by atoms with E-state index in [2.05, 4.69) is 5.32 Å². The molecule has 0 heterocycles. The first kappa shape index (κ1) is 16.8. The van der Waals surface area contributed by atoms with E-state index in [-0.39, 0.29) is 27.9 Å². The summed E-state index contributed by atoms with van der Waals surface area (Å²) in [5.41, 5.74) is 0.0202. The number of halogens is 2. The number of carbonyl (C=O) groups is 2. The third kappa shape index (κ3) is 6.91. The number of hydrogen-bond donors (Lipinski definition) is 3. The fourth-order valence-corrected chi connectivity index (χ4v) is 2.34. The molecule has 0 aliphatic heterocycles. The highest BCUT2D eigenvalue weighted by Crippen LogP contribution is 2.22. The van der Waals surface area contributed by atoms with Crippen LogP contribution in [0.25, 0.3) is 0 Å². The molecule has 0 saturated carbocycles. The summed E-state index contributed by atoms with van der Waals surface area (Å²) in [6, 6.07) is 4.20. The first-order valence-corrected chi connectivity index (χ1v) is 7.85. The number of Topliss-reactive ketones (excluding diaryl/α,β-unsaturated/α-hetero) is 1. The number of hydrogen-bond acceptors (Lipinski definition) is 4. The zero-order valence-corrected chi connectivity index (χ0v) is 14.4. The quantitative estimate of drug-likeness (QED) is 0.490. The lowest BCUT2D eigenvalue weighted by Crippen LogP contribution is -2.47. The van der Waals surface area contributed by atoms with Crippen LogP contribution in [-0.4, -0.2) is 34.8 Å². The molecule has 0 aliphatic rings. The van der Waals surface area contributed by atoms with Crippen molar-refractivity contribution < 1.29 is 22.4 Å². The fraction of sp³-hybridized carbons (Fsp3) is 0.467. The van der Waals surface area contributed by atoms with Crippen LogP contribution in [0.2, 0.25) is 10.0 Å². The van der Waals surface area contributed by atoms with Crippen LogP contribution in [0.15, 0.2) is 18.2 Å². The minimum atomic E-state index is -2.55. The van der Waals surface area contributed by atoms with Crippen molar-refractivity contribution in [1.29, 1.82) is 0 Å². The van der Waals surface area contributed by atoms with Crippen LogP contribution in [0, 0.1) is 5.92 Å². The Morgan fingerprint density at radius 2 is 2.00 bits per heavy atom. The highest BCUT2D eigenvalue weighted by molar-refractivity contribution is 6.43. The molecule has 0 fully saturated rings. The van der Waals surface area contributed by atoms with E-state index < -0.39 is 37.5 Å². The van der Waals surface area contributed by atoms with Crippen LogP contribution in [0.3, 0.4) is 0 Å². The Morgan fingerprint density at radius 3 is 2.57 bits per heavy atom. The highest BCUT2D eigenvalue weighted by atomic mass is 35.5. The molecule has 1 rings (SSSR count). The van der Waals surface area contributed by atoms with Gasteiger partial charge in [-0.1, -0.05) is 37.0 Å². The molecule has 0 saturated heterocycles. The van der Waals surface area contributed by atoms with Gasteiger partial charge in [-0.25, -0.2) is 0 Å². The van der Waals surface area contributed by atoms with Crippen LogP contribution in [0.4, 0.5) is 0 Å². The number of amides is 1. The van der Waals surface area contributed by atoms with Gasteiger partial charge in [0.1, 0.15) is 0 Å².